The number of methoxy groups -OCH3 is 3. The maximum absolute atomic E-state index is 13.0. The van der Waals surface area contributed by atoms with Gasteiger partial charge < -0.3 is 24.2 Å². The zero-order valence-corrected chi connectivity index (χ0v) is 18.5. The molecule has 1 N–H and O–H groups in total. The molecule has 3 rings (SSSR count). The molecule has 1 aliphatic rings. The minimum Gasteiger partial charge on any atom is -0.507 e. The lowest BCUT2D eigenvalue weighted by molar-refractivity contribution is -0.139. The Balaban J connectivity index is 2.25. The maximum atomic E-state index is 13.0. The first kappa shape index (κ1) is 22.5. The molecule has 1 heterocycles. The van der Waals surface area contributed by atoms with E-state index >= 15 is 0 Å². The number of likely N-dealkylation sites (tertiary alicyclic amines) is 1. The minimum absolute atomic E-state index is 0.0409. The largest absolute Gasteiger partial charge is 0.507 e. The van der Waals surface area contributed by atoms with E-state index in [0.29, 0.717) is 35.8 Å². The van der Waals surface area contributed by atoms with Gasteiger partial charge in [-0.15, -0.1) is 0 Å². The number of hydrogen-bond donors (Lipinski definition) is 1. The molecule has 0 aliphatic carbocycles. The van der Waals surface area contributed by atoms with E-state index in [0.717, 1.165) is 0 Å². The summed E-state index contributed by atoms with van der Waals surface area (Å²) in [7, 11) is 4.50. The summed E-state index contributed by atoms with van der Waals surface area (Å²) >= 11 is 6.29. The van der Waals surface area contributed by atoms with E-state index in [9.17, 15) is 14.7 Å². The summed E-state index contributed by atoms with van der Waals surface area (Å²) in [4.78, 5) is 27.3. The zero-order chi connectivity index (χ0) is 22.7. The molecule has 0 saturated carbocycles. The number of ether oxygens (including phenoxy) is 3. The van der Waals surface area contributed by atoms with Gasteiger partial charge in [0, 0.05) is 12.1 Å². The van der Waals surface area contributed by atoms with Gasteiger partial charge in [-0.2, -0.15) is 0 Å². The fraction of sp³-hybridized carbons (Fsp3) is 0.304. The molecular formula is C23H24ClNO6. The molecule has 2 aromatic carbocycles. The highest BCUT2D eigenvalue weighted by Crippen LogP contribution is 2.43. The highest BCUT2D eigenvalue weighted by atomic mass is 35.5. The van der Waals surface area contributed by atoms with Crippen LogP contribution in [0.25, 0.3) is 5.76 Å². The number of carbonyl (C=O) groups is 2. The zero-order valence-electron chi connectivity index (χ0n) is 17.8. The smallest absolute Gasteiger partial charge is 0.295 e. The normalized spacial score (nSPS) is 17.7. The van der Waals surface area contributed by atoms with E-state index < -0.39 is 17.7 Å². The molecule has 0 radical (unpaired) electrons. The van der Waals surface area contributed by atoms with Gasteiger partial charge in [-0.25, -0.2) is 0 Å². The van der Waals surface area contributed by atoms with E-state index in [2.05, 4.69) is 0 Å². The first-order chi connectivity index (χ1) is 14.9. The molecule has 7 nitrogen and oxygen atoms in total. The van der Waals surface area contributed by atoms with E-state index in [-0.39, 0.29) is 21.9 Å². The van der Waals surface area contributed by atoms with Crippen molar-refractivity contribution in [1.29, 1.82) is 0 Å². The number of aliphatic hydroxyl groups excluding tert-OH is 1. The molecule has 0 bridgehead atoms. The van der Waals surface area contributed by atoms with Gasteiger partial charge in [0.25, 0.3) is 11.7 Å². The fourth-order valence-electron chi connectivity index (χ4n) is 3.68. The molecule has 2 aromatic rings. The Kier molecular flexibility index (Phi) is 6.75. The lowest BCUT2D eigenvalue weighted by Crippen LogP contribution is -2.30. The van der Waals surface area contributed by atoms with E-state index in [1.165, 1.54) is 32.3 Å². The lowest BCUT2D eigenvalue weighted by atomic mass is 9.94. The molecule has 0 aromatic heterocycles. The Bertz CT molecular complexity index is 1050. The van der Waals surface area contributed by atoms with Gasteiger partial charge >= 0.3 is 0 Å². The average Bonchev–Trinajstić information content (AvgIpc) is 3.03. The van der Waals surface area contributed by atoms with Crippen LogP contribution in [0.15, 0.2) is 42.0 Å². The Labute approximate surface area is 185 Å². The number of aliphatic hydroxyl groups is 1. The van der Waals surface area contributed by atoms with Gasteiger partial charge in [0.05, 0.1) is 38.0 Å². The van der Waals surface area contributed by atoms with Crippen molar-refractivity contribution < 1.29 is 28.9 Å². The van der Waals surface area contributed by atoms with Crippen LogP contribution in [0.1, 0.15) is 30.5 Å². The summed E-state index contributed by atoms with van der Waals surface area (Å²) in [6.45, 7) is 2.25. The van der Waals surface area contributed by atoms with Crippen LogP contribution in [0.5, 0.6) is 17.2 Å². The highest BCUT2D eigenvalue weighted by molar-refractivity contribution is 6.47. The number of benzene rings is 2. The number of amides is 1. The average molecular weight is 446 g/mol. The third-order valence-corrected chi connectivity index (χ3v) is 5.49. The topological polar surface area (TPSA) is 85.3 Å². The monoisotopic (exact) mass is 445 g/mol. The molecule has 164 valence electrons. The van der Waals surface area contributed by atoms with Crippen LogP contribution in [0.4, 0.5) is 0 Å². The van der Waals surface area contributed by atoms with E-state index in [4.69, 9.17) is 25.8 Å². The molecule has 8 heteroatoms. The van der Waals surface area contributed by atoms with Crippen molar-refractivity contribution in [3.63, 3.8) is 0 Å². The Morgan fingerprint density at radius 3 is 2.35 bits per heavy atom. The second kappa shape index (κ2) is 9.31. The van der Waals surface area contributed by atoms with Crippen LogP contribution < -0.4 is 14.2 Å². The molecule has 0 spiro atoms. The summed E-state index contributed by atoms with van der Waals surface area (Å²) in [5, 5.41) is 11.4. The van der Waals surface area contributed by atoms with Crippen molar-refractivity contribution in [1.82, 2.24) is 4.90 Å². The quantitative estimate of drug-likeness (QED) is 0.390. The van der Waals surface area contributed by atoms with Crippen molar-refractivity contribution in [3.8, 4) is 17.2 Å². The summed E-state index contributed by atoms with van der Waals surface area (Å²) in [6.07, 6.45) is 0.636. The number of rotatable bonds is 7. The molecule has 1 amide bonds. The van der Waals surface area contributed by atoms with Gasteiger partial charge in [-0.1, -0.05) is 24.6 Å². The summed E-state index contributed by atoms with van der Waals surface area (Å²) in [5.41, 5.74) is 0.771. The number of carbonyl (C=O) groups excluding carboxylic acids is 2. The van der Waals surface area contributed by atoms with Gasteiger partial charge in [0.15, 0.2) is 11.5 Å². The summed E-state index contributed by atoms with van der Waals surface area (Å²) in [5.74, 6) is -0.403. The predicted molar refractivity (Wildman–Crippen MR) is 117 cm³/mol. The molecule has 1 fully saturated rings. The van der Waals surface area contributed by atoms with Crippen molar-refractivity contribution in [3.05, 3.63) is 58.1 Å². The fourth-order valence-corrected chi connectivity index (χ4v) is 3.89. The number of nitrogens with zero attached hydrogens (tertiary/aromatic N) is 1. The second-order valence-corrected chi connectivity index (χ2v) is 7.36. The van der Waals surface area contributed by atoms with Gasteiger partial charge in [0.2, 0.25) is 0 Å². The highest BCUT2D eigenvalue weighted by Gasteiger charge is 2.46. The first-order valence-electron chi connectivity index (χ1n) is 9.72. The van der Waals surface area contributed by atoms with Crippen LogP contribution in [-0.2, 0) is 9.59 Å². The van der Waals surface area contributed by atoms with Gasteiger partial charge in [-0.05, 0) is 42.3 Å². The molecule has 1 unspecified atom stereocenters. The third kappa shape index (κ3) is 4.05. The summed E-state index contributed by atoms with van der Waals surface area (Å²) in [6, 6.07) is 9.04. The number of ketones is 1. The number of halogens is 1. The SMILES string of the molecule is CCCN1C(=O)C(=O)/C(=C(/O)c2cc(OC)ccc2Cl)C1c1ccc(OC)c(OC)c1. The van der Waals surface area contributed by atoms with Crippen molar-refractivity contribution in [2.75, 3.05) is 27.9 Å². The van der Waals surface area contributed by atoms with Crippen molar-refractivity contribution in [2.45, 2.75) is 19.4 Å². The first-order valence-corrected chi connectivity index (χ1v) is 10.1. The predicted octanol–water partition coefficient (Wildman–Crippen LogP) is 4.20. The summed E-state index contributed by atoms with van der Waals surface area (Å²) < 4.78 is 15.9. The van der Waals surface area contributed by atoms with Crippen LogP contribution in [0, 0.1) is 0 Å². The van der Waals surface area contributed by atoms with Gasteiger partial charge in [0.1, 0.15) is 11.5 Å². The molecule has 1 atom stereocenters. The van der Waals surface area contributed by atoms with E-state index in [1.54, 1.807) is 30.3 Å². The molecule has 31 heavy (non-hydrogen) atoms. The standard InChI is InChI=1S/C23H24ClNO6/c1-5-10-25-20(13-6-9-17(30-3)18(11-13)31-4)19(22(27)23(25)28)21(26)15-12-14(29-2)7-8-16(15)24/h6-9,11-12,20,26H,5,10H2,1-4H3/b21-19+. The molecular weight excluding hydrogens is 422 g/mol. The lowest BCUT2D eigenvalue weighted by Gasteiger charge is -2.25. The van der Waals surface area contributed by atoms with Crippen molar-refractivity contribution in [2.24, 2.45) is 0 Å². The molecule has 1 saturated heterocycles. The minimum atomic E-state index is -0.804. The number of Topliss-reactive ketones (excluding diaryl/α,β-unsaturated/α-hetero) is 1. The van der Waals surface area contributed by atoms with Gasteiger partial charge in [-0.3, -0.25) is 9.59 Å². The van der Waals surface area contributed by atoms with E-state index in [1.807, 2.05) is 6.92 Å². The van der Waals surface area contributed by atoms with Crippen LogP contribution in [0.3, 0.4) is 0 Å². The Morgan fingerprint density at radius 2 is 1.74 bits per heavy atom. The second-order valence-electron chi connectivity index (χ2n) is 6.95. The molecule has 1 aliphatic heterocycles. The van der Waals surface area contributed by atoms with Crippen LogP contribution >= 0.6 is 11.6 Å². The number of hydrogen-bond acceptors (Lipinski definition) is 6. The Morgan fingerprint density at radius 1 is 1.03 bits per heavy atom. The van der Waals surface area contributed by atoms with Crippen molar-refractivity contribution >= 4 is 29.1 Å². The van der Waals surface area contributed by atoms with Crippen LogP contribution in [-0.4, -0.2) is 49.6 Å². The third-order valence-electron chi connectivity index (χ3n) is 5.16. The maximum Gasteiger partial charge on any atom is 0.295 e. The Hall–Kier alpha value is -3.19. The van der Waals surface area contributed by atoms with Crippen LogP contribution in [0.2, 0.25) is 5.02 Å².